The SMILES string of the molecule is CC[C@H](C)c1ccccc1NC(=O)c1ccc(F)cc1F. The molecule has 2 rings (SSSR count). The van der Waals surface area contributed by atoms with Crippen molar-refractivity contribution >= 4 is 11.6 Å². The van der Waals surface area contributed by atoms with Crippen molar-refractivity contribution in [3.63, 3.8) is 0 Å². The zero-order valence-corrected chi connectivity index (χ0v) is 12.0. The minimum Gasteiger partial charge on any atom is -0.322 e. The highest BCUT2D eigenvalue weighted by atomic mass is 19.1. The lowest BCUT2D eigenvalue weighted by Gasteiger charge is -2.15. The molecule has 0 aliphatic heterocycles. The van der Waals surface area contributed by atoms with Crippen LogP contribution in [0, 0.1) is 11.6 Å². The molecule has 0 spiro atoms. The molecule has 0 unspecified atom stereocenters. The van der Waals surface area contributed by atoms with Crippen molar-refractivity contribution in [1.82, 2.24) is 0 Å². The van der Waals surface area contributed by atoms with Gasteiger partial charge in [0.25, 0.3) is 5.91 Å². The summed E-state index contributed by atoms with van der Waals surface area (Å²) in [6.45, 7) is 4.12. The van der Waals surface area contributed by atoms with Crippen molar-refractivity contribution in [2.24, 2.45) is 0 Å². The Morgan fingerprint density at radius 2 is 1.90 bits per heavy atom. The Hall–Kier alpha value is -2.23. The second kappa shape index (κ2) is 6.48. The number of halogens is 2. The van der Waals surface area contributed by atoms with Crippen LogP contribution in [-0.2, 0) is 0 Å². The minimum atomic E-state index is -0.867. The molecule has 0 saturated heterocycles. The van der Waals surface area contributed by atoms with Crippen molar-refractivity contribution in [2.75, 3.05) is 5.32 Å². The molecule has 0 heterocycles. The van der Waals surface area contributed by atoms with Gasteiger partial charge in [-0.3, -0.25) is 4.79 Å². The Balaban J connectivity index is 2.28. The number of anilines is 1. The Kier molecular flexibility index (Phi) is 4.68. The van der Waals surface area contributed by atoms with Gasteiger partial charge >= 0.3 is 0 Å². The van der Waals surface area contributed by atoms with Gasteiger partial charge in [-0.1, -0.05) is 32.0 Å². The van der Waals surface area contributed by atoms with Gasteiger partial charge in [-0.25, -0.2) is 8.78 Å². The fourth-order valence-corrected chi connectivity index (χ4v) is 2.12. The third-order valence-electron chi connectivity index (χ3n) is 3.53. The van der Waals surface area contributed by atoms with Gasteiger partial charge in [-0.15, -0.1) is 0 Å². The Bertz CT molecular complexity index is 655. The first-order valence-corrected chi connectivity index (χ1v) is 6.88. The van der Waals surface area contributed by atoms with Gasteiger partial charge < -0.3 is 5.32 Å². The van der Waals surface area contributed by atoms with Crippen LogP contribution in [0.1, 0.15) is 42.1 Å². The number of para-hydroxylation sites is 1. The van der Waals surface area contributed by atoms with Crippen LogP contribution in [0.15, 0.2) is 42.5 Å². The van der Waals surface area contributed by atoms with Crippen LogP contribution in [-0.4, -0.2) is 5.91 Å². The predicted octanol–water partition coefficient (Wildman–Crippen LogP) is 4.73. The third kappa shape index (κ3) is 3.45. The van der Waals surface area contributed by atoms with Crippen LogP contribution in [0.5, 0.6) is 0 Å². The summed E-state index contributed by atoms with van der Waals surface area (Å²) in [7, 11) is 0. The molecule has 0 fully saturated rings. The van der Waals surface area contributed by atoms with E-state index < -0.39 is 17.5 Å². The first kappa shape index (κ1) is 15.2. The number of hydrogen-bond acceptors (Lipinski definition) is 1. The summed E-state index contributed by atoms with van der Waals surface area (Å²) in [4.78, 5) is 12.1. The van der Waals surface area contributed by atoms with E-state index in [2.05, 4.69) is 19.2 Å². The summed E-state index contributed by atoms with van der Waals surface area (Å²) in [5.74, 6) is -1.87. The van der Waals surface area contributed by atoms with E-state index in [1.54, 1.807) is 6.07 Å². The standard InChI is InChI=1S/C17H17F2NO/c1-3-11(2)13-6-4-5-7-16(13)20-17(21)14-9-8-12(18)10-15(14)19/h4-11H,3H2,1-2H3,(H,20,21)/t11-/m0/s1. The minimum absolute atomic E-state index is 0.171. The van der Waals surface area contributed by atoms with E-state index in [0.717, 1.165) is 24.1 Å². The predicted molar refractivity (Wildman–Crippen MR) is 79.5 cm³/mol. The van der Waals surface area contributed by atoms with E-state index in [1.807, 2.05) is 18.2 Å². The van der Waals surface area contributed by atoms with Crippen LogP contribution in [0.25, 0.3) is 0 Å². The van der Waals surface area contributed by atoms with Crippen LogP contribution >= 0.6 is 0 Å². The number of rotatable bonds is 4. The van der Waals surface area contributed by atoms with Crippen LogP contribution in [0.4, 0.5) is 14.5 Å². The van der Waals surface area contributed by atoms with Crippen LogP contribution < -0.4 is 5.32 Å². The van der Waals surface area contributed by atoms with Gasteiger partial charge in [0.2, 0.25) is 0 Å². The lowest BCUT2D eigenvalue weighted by Crippen LogP contribution is -2.15. The first-order valence-electron chi connectivity index (χ1n) is 6.88. The molecule has 0 bridgehead atoms. The highest BCUT2D eigenvalue weighted by molar-refractivity contribution is 6.04. The number of carbonyl (C=O) groups is 1. The number of benzene rings is 2. The average molecular weight is 289 g/mol. The van der Waals surface area contributed by atoms with Gasteiger partial charge in [-0.2, -0.15) is 0 Å². The fraction of sp³-hybridized carbons (Fsp3) is 0.235. The summed E-state index contributed by atoms with van der Waals surface area (Å²) in [5.41, 5.74) is 1.48. The highest BCUT2D eigenvalue weighted by Crippen LogP contribution is 2.27. The molecule has 21 heavy (non-hydrogen) atoms. The molecule has 2 nitrogen and oxygen atoms in total. The van der Waals surface area contributed by atoms with E-state index in [-0.39, 0.29) is 11.5 Å². The number of hydrogen-bond donors (Lipinski definition) is 1. The lowest BCUT2D eigenvalue weighted by atomic mass is 9.97. The summed E-state index contributed by atoms with van der Waals surface area (Å²) in [5, 5.41) is 2.70. The van der Waals surface area contributed by atoms with E-state index in [4.69, 9.17) is 0 Å². The van der Waals surface area contributed by atoms with Crippen molar-refractivity contribution in [3.8, 4) is 0 Å². The highest BCUT2D eigenvalue weighted by Gasteiger charge is 2.15. The second-order valence-electron chi connectivity index (χ2n) is 4.97. The molecular formula is C17H17F2NO. The normalized spacial score (nSPS) is 12.0. The van der Waals surface area contributed by atoms with E-state index in [9.17, 15) is 13.6 Å². The third-order valence-corrected chi connectivity index (χ3v) is 3.53. The Labute approximate surface area is 122 Å². The van der Waals surface area contributed by atoms with Crippen molar-refractivity contribution in [2.45, 2.75) is 26.2 Å². The molecule has 0 radical (unpaired) electrons. The number of carbonyl (C=O) groups excluding carboxylic acids is 1. The summed E-state index contributed by atoms with van der Waals surface area (Å²) in [6, 6.07) is 10.3. The van der Waals surface area contributed by atoms with Gasteiger partial charge in [0, 0.05) is 11.8 Å². The largest absolute Gasteiger partial charge is 0.322 e. The fourth-order valence-electron chi connectivity index (χ4n) is 2.12. The number of amides is 1. The lowest BCUT2D eigenvalue weighted by molar-refractivity contribution is 0.102. The zero-order valence-electron chi connectivity index (χ0n) is 12.0. The summed E-state index contributed by atoms with van der Waals surface area (Å²) >= 11 is 0. The second-order valence-corrected chi connectivity index (χ2v) is 4.97. The molecule has 1 amide bonds. The molecule has 0 saturated carbocycles. The molecule has 110 valence electrons. The van der Waals surface area contributed by atoms with Crippen molar-refractivity contribution in [3.05, 3.63) is 65.2 Å². The van der Waals surface area contributed by atoms with Gasteiger partial charge in [0.05, 0.1) is 5.56 Å². The monoisotopic (exact) mass is 289 g/mol. The van der Waals surface area contributed by atoms with Gasteiger partial charge in [0.15, 0.2) is 0 Å². The molecular weight excluding hydrogens is 272 g/mol. The molecule has 1 N–H and O–H groups in total. The number of nitrogens with one attached hydrogen (secondary N) is 1. The van der Waals surface area contributed by atoms with Crippen LogP contribution in [0.3, 0.4) is 0 Å². The Morgan fingerprint density at radius 1 is 1.19 bits per heavy atom. The molecule has 0 aromatic heterocycles. The maximum atomic E-state index is 13.6. The first-order chi connectivity index (χ1) is 10.0. The van der Waals surface area contributed by atoms with E-state index in [0.29, 0.717) is 11.8 Å². The maximum Gasteiger partial charge on any atom is 0.258 e. The zero-order chi connectivity index (χ0) is 15.4. The molecule has 0 aliphatic carbocycles. The van der Waals surface area contributed by atoms with Crippen molar-refractivity contribution in [1.29, 1.82) is 0 Å². The topological polar surface area (TPSA) is 29.1 Å². The molecule has 4 heteroatoms. The van der Waals surface area contributed by atoms with E-state index >= 15 is 0 Å². The molecule has 1 atom stereocenters. The van der Waals surface area contributed by atoms with E-state index in [1.165, 1.54) is 0 Å². The summed E-state index contributed by atoms with van der Waals surface area (Å²) < 4.78 is 26.5. The quantitative estimate of drug-likeness (QED) is 0.866. The van der Waals surface area contributed by atoms with Gasteiger partial charge in [-0.05, 0) is 36.1 Å². The average Bonchev–Trinajstić information content (AvgIpc) is 2.46. The molecule has 0 aliphatic rings. The molecule has 2 aromatic carbocycles. The van der Waals surface area contributed by atoms with Crippen molar-refractivity contribution < 1.29 is 13.6 Å². The maximum absolute atomic E-state index is 13.6. The van der Waals surface area contributed by atoms with Gasteiger partial charge in [0.1, 0.15) is 11.6 Å². The Morgan fingerprint density at radius 3 is 2.57 bits per heavy atom. The van der Waals surface area contributed by atoms with Crippen LogP contribution in [0.2, 0.25) is 0 Å². The molecule has 2 aromatic rings. The smallest absolute Gasteiger partial charge is 0.258 e. The summed E-state index contributed by atoms with van der Waals surface area (Å²) in [6.07, 6.45) is 0.928.